The largest absolute Gasteiger partial charge is 0.353 e. The molecule has 1 fully saturated rings. The van der Waals surface area contributed by atoms with Crippen LogP contribution in [0.2, 0.25) is 0 Å². The Hall–Kier alpha value is -1.62. The molecule has 0 atom stereocenters. The van der Waals surface area contributed by atoms with Crippen molar-refractivity contribution in [2.75, 3.05) is 31.1 Å². The van der Waals surface area contributed by atoms with E-state index in [0.717, 1.165) is 43.0 Å². The first-order valence-corrected chi connectivity index (χ1v) is 6.92. The molecule has 0 aliphatic carbocycles. The Kier molecular flexibility index (Phi) is 3.14. The number of hydrogen-bond acceptors (Lipinski definition) is 4. The molecule has 102 valence electrons. The van der Waals surface area contributed by atoms with E-state index < -0.39 is 0 Å². The van der Waals surface area contributed by atoms with Crippen molar-refractivity contribution in [3.8, 4) is 0 Å². The van der Waals surface area contributed by atoms with Crippen molar-refractivity contribution >= 4 is 16.9 Å². The van der Waals surface area contributed by atoms with Crippen molar-refractivity contribution in [2.45, 2.75) is 19.9 Å². The molecule has 5 heteroatoms. The van der Waals surface area contributed by atoms with Crippen molar-refractivity contribution in [3.63, 3.8) is 0 Å². The first kappa shape index (κ1) is 12.4. The van der Waals surface area contributed by atoms with Crippen molar-refractivity contribution in [3.05, 3.63) is 18.6 Å². The fourth-order valence-electron chi connectivity index (χ4n) is 2.77. The van der Waals surface area contributed by atoms with Gasteiger partial charge in [0.05, 0.1) is 5.39 Å². The average molecular weight is 259 g/mol. The van der Waals surface area contributed by atoms with Crippen LogP contribution in [0.4, 0.5) is 5.82 Å². The van der Waals surface area contributed by atoms with E-state index in [0.29, 0.717) is 6.04 Å². The molecule has 0 bridgehead atoms. The van der Waals surface area contributed by atoms with Crippen molar-refractivity contribution in [2.24, 2.45) is 7.05 Å². The maximum Gasteiger partial charge on any atom is 0.145 e. The molecular formula is C14H21N5. The zero-order chi connectivity index (χ0) is 13.4. The van der Waals surface area contributed by atoms with Crippen LogP contribution >= 0.6 is 0 Å². The summed E-state index contributed by atoms with van der Waals surface area (Å²) in [6.07, 6.45) is 3.72. The SMILES string of the molecule is CC(C)N1CCN(c2ncnc3c2ccn3C)CC1. The predicted molar refractivity (Wildman–Crippen MR) is 77.4 cm³/mol. The quantitative estimate of drug-likeness (QED) is 0.819. The third-order valence-electron chi connectivity index (χ3n) is 3.98. The van der Waals surface area contributed by atoms with E-state index in [9.17, 15) is 0 Å². The monoisotopic (exact) mass is 259 g/mol. The van der Waals surface area contributed by atoms with Gasteiger partial charge in [0.2, 0.25) is 0 Å². The van der Waals surface area contributed by atoms with Crippen LogP contribution in [0.25, 0.3) is 11.0 Å². The van der Waals surface area contributed by atoms with E-state index >= 15 is 0 Å². The lowest BCUT2D eigenvalue weighted by molar-refractivity contribution is 0.209. The number of aryl methyl sites for hydroxylation is 1. The van der Waals surface area contributed by atoms with Crippen molar-refractivity contribution < 1.29 is 0 Å². The van der Waals surface area contributed by atoms with Gasteiger partial charge in [-0.3, -0.25) is 4.90 Å². The van der Waals surface area contributed by atoms with Gasteiger partial charge in [-0.2, -0.15) is 0 Å². The highest BCUT2D eigenvalue weighted by atomic mass is 15.3. The molecule has 0 spiro atoms. The lowest BCUT2D eigenvalue weighted by atomic mass is 10.2. The van der Waals surface area contributed by atoms with Gasteiger partial charge in [0.25, 0.3) is 0 Å². The first-order chi connectivity index (χ1) is 9.16. The third-order valence-corrected chi connectivity index (χ3v) is 3.98. The van der Waals surface area contributed by atoms with Crippen LogP contribution < -0.4 is 4.90 Å². The standard InChI is InChI=1S/C14H21N5/c1-11(2)18-6-8-19(9-7-18)14-12-4-5-17(3)13(12)15-10-16-14/h4-5,10-11H,6-9H2,1-3H3. The van der Waals surface area contributed by atoms with E-state index in [1.165, 1.54) is 0 Å². The lowest BCUT2D eigenvalue weighted by Crippen LogP contribution is -2.49. The topological polar surface area (TPSA) is 37.2 Å². The van der Waals surface area contributed by atoms with Crippen LogP contribution in [0, 0.1) is 0 Å². The molecule has 0 amide bonds. The number of aromatic nitrogens is 3. The van der Waals surface area contributed by atoms with Gasteiger partial charge < -0.3 is 9.47 Å². The fourth-order valence-corrected chi connectivity index (χ4v) is 2.77. The zero-order valence-electron chi connectivity index (χ0n) is 11.9. The van der Waals surface area contributed by atoms with Crippen LogP contribution in [0.3, 0.4) is 0 Å². The van der Waals surface area contributed by atoms with Gasteiger partial charge in [-0.25, -0.2) is 9.97 Å². The fraction of sp³-hybridized carbons (Fsp3) is 0.571. The summed E-state index contributed by atoms with van der Waals surface area (Å²) in [6.45, 7) is 8.82. The average Bonchev–Trinajstić information content (AvgIpc) is 2.81. The number of rotatable bonds is 2. The third kappa shape index (κ3) is 2.18. The van der Waals surface area contributed by atoms with Crippen molar-refractivity contribution in [1.82, 2.24) is 19.4 Å². The Bertz CT molecular complexity index is 566. The van der Waals surface area contributed by atoms with E-state index in [4.69, 9.17) is 0 Å². The summed E-state index contributed by atoms with van der Waals surface area (Å²) >= 11 is 0. The molecule has 0 radical (unpaired) electrons. The summed E-state index contributed by atoms with van der Waals surface area (Å²) in [4.78, 5) is 13.7. The molecule has 0 aromatic carbocycles. The number of nitrogens with zero attached hydrogens (tertiary/aromatic N) is 5. The molecule has 3 heterocycles. The summed E-state index contributed by atoms with van der Waals surface area (Å²) in [5, 5.41) is 1.16. The summed E-state index contributed by atoms with van der Waals surface area (Å²) in [7, 11) is 2.02. The van der Waals surface area contributed by atoms with E-state index in [2.05, 4.69) is 39.7 Å². The van der Waals surface area contributed by atoms with E-state index in [1.807, 2.05) is 17.8 Å². The number of fused-ring (bicyclic) bond motifs is 1. The lowest BCUT2D eigenvalue weighted by Gasteiger charge is -2.37. The molecule has 3 rings (SSSR count). The number of anilines is 1. The summed E-state index contributed by atoms with van der Waals surface area (Å²) < 4.78 is 2.05. The number of hydrogen-bond donors (Lipinski definition) is 0. The maximum atomic E-state index is 4.50. The second-order valence-electron chi connectivity index (χ2n) is 5.48. The molecule has 0 saturated carbocycles. The van der Waals surface area contributed by atoms with Crippen LogP contribution in [0.5, 0.6) is 0 Å². The second-order valence-corrected chi connectivity index (χ2v) is 5.48. The molecule has 5 nitrogen and oxygen atoms in total. The van der Waals surface area contributed by atoms with Crippen LogP contribution in [-0.2, 0) is 7.05 Å². The molecule has 0 N–H and O–H groups in total. The van der Waals surface area contributed by atoms with Gasteiger partial charge in [0, 0.05) is 45.5 Å². The van der Waals surface area contributed by atoms with Gasteiger partial charge in [-0.05, 0) is 19.9 Å². The minimum atomic E-state index is 0.629. The summed E-state index contributed by atoms with van der Waals surface area (Å²) in [6, 6.07) is 2.74. The predicted octanol–water partition coefficient (Wildman–Crippen LogP) is 1.50. The molecule has 2 aromatic heterocycles. The summed E-state index contributed by atoms with van der Waals surface area (Å²) in [5.74, 6) is 1.08. The minimum Gasteiger partial charge on any atom is -0.353 e. The van der Waals surface area contributed by atoms with Gasteiger partial charge in [-0.1, -0.05) is 0 Å². The Morgan fingerprint density at radius 3 is 2.53 bits per heavy atom. The van der Waals surface area contributed by atoms with Gasteiger partial charge in [-0.15, -0.1) is 0 Å². The molecule has 1 aliphatic rings. The highest BCUT2D eigenvalue weighted by Crippen LogP contribution is 2.24. The minimum absolute atomic E-state index is 0.629. The Morgan fingerprint density at radius 1 is 1.11 bits per heavy atom. The van der Waals surface area contributed by atoms with Gasteiger partial charge in [0.15, 0.2) is 0 Å². The smallest absolute Gasteiger partial charge is 0.145 e. The molecule has 19 heavy (non-hydrogen) atoms. The van der Waals surface area contributed by atoms with Crippen molar-refractivity contribution in [1.29, 1.82) is 0 Å². The molecule has 0 unspecified atom stereocenters. The molecule has 1 aliphatic heterocycles. The Morgan fingerprint density at radius 2 is 1.84 bits per heavy atom. The maximum absolute atomic E-state index is 4.50. The van der Waals surface area contributed by atoms with Gasteiger partial charge in [0.1, 0.15) is 17.8 Å². The second kappa shape index (κ2) is 4.81. The normalized spacial score (nSPS) is 17.6. The molecular weight excluding hydrogens is 238 g/mol. The summed E-state index contributed by atoms with van der Waals surface area (Å²) in [5.41, 5.74) is 1.01. The van der Waals surface area contributed by atoms with Crippen LogP contribution in [0.1, 0.15) is 13.8 Å². The highest BCUT2D eigenvalue weighted by molar-refractivity contribution is 5.87. The zero-order valence-corrected chi connectivity index (χ0v) is 11.9. The van der Waals surface area contributed by atoms with E-state index in [-0.39, 0.29) is 0 Å². The highest BCUT2D eigenvalue weighted by Gasteiger charge is 2.21. The molecule has 2 aromatic rings. The first-order valence-electron chi connectivity index (χ1n) is 6.92. The van der Waals surface area contributed by atoms with E-state index in [1.54, 1.807) is 6.33 Å². The van der Waals surface area contributed by atoms with Crippen LogP contribution in [0.15, 0.2) is 18.6 Å². The van der Waals surface area contributed by atoms with Crippen LogP contribution in [-0.4, -0.2) is 51.7 Å². The molecule has 1 saturated heterocycles. The Balaban J connectivity index is 1.86. The Labute approximate surface area is 113 Å². The van der Waals surface area contributed by atoms with Gasteiger partial charge >= 0.3 is 0 Å². The number of piperazine rings is 1.